The van der Waals surface area contributed by atoms with E-state index in [4.69, 9.17) is 16.3 Å². The van der Waals surface area contributed by atoms with E-state index in [1.165, 1.54) is 0 Å². The van der Waals surface area contributed by atoms with Crippen LogP contribution in [0, 0.1) is 11.6 Å². The maximum atomic E-state index is 13.3. The summed E-state index contributed by atoms with van der Waals surface area (Å²) in [6, 6.07) is 5.07. The second-order valence-corrected chi connectivity index (χ2v) is 6.36. The summed E-state index contributed by atoms with van der Waals surface area (Å²) in [5, 5.41) is 2.49. The number of halogens is 3. The molecule has 25 heavy (non-hydrogen) atoms. The summed E-state index contributed by atoms with van der Waals surface area (Å²) >= 11 is 5.80. The van der Waals surface area contributed by atoms with Crippen molar-refractivity contribution >= 4 is 17.5 Å². The van der Waals surface area contributed by atoms with Gasteiger partial charge in [-0.1, -0.05) is 11.6 Å². The quantitative estimate of drug-likeness (QED) is 0.804. The van der Waals surface area contributed by atoms with Gasteiger partial charge in [0.05, 0.1) is 10.6 Å². The van der Waals surface area contributed by atoms with E-state index in [9.17, 15) is 13.6 Å². The highest BCUT2D eigenvalue weighted by molar-refractivity contribution is 6.33. The van der Waals surface area contributed by atoms with E-state index in [1.54, 1.807) is 18.3 Å². The van der Waals surface area contributed by atoms with Crippen LogP contribution >= 0.6 is 11.6 Å². The second kappa shape index (κ2) is 7.78. The van der Waals surface area contributed by atoms with Crippen molar-refractivity contribution in [3.05, 3.63) is 58.2 Å². The van der Waals surface area contributed by atoms with Gasteiger partial charge in [-0.2, -0.15) is 0 Å². The molecule has 1 N–H and O–H groups in total. The zero-order valence-corrected chi connectivity index (χ0v) is 14.2. The Morgan fingerprint density at radius 1 is 1.24 bits per heavy atom. The van der Waals surface area contributed by atoms with E-state index < -0.39 is 17.5 Å². The fourth-order valence-corrected chi connectivity index (χ4v) is 3.01. The molecule has 7 heteroatoms. The number of pyridine rings is 1. The molecule has 132 valence electrons. The first kappa shape index (κ1) is 17.6. The molecule has 4 nitrogen and oxygen atoms in total. The summed E-state index contributed by atoms with van der Waals surface area (Å²) in [5.41, 5.74) is 0.673. The van der Waals surface area contributed by atoms with Crippen molar-refractivity contribution in [1.82, 2.24) is 10.3 Å². The number of carbonyl (C=O) groups excluding carboxylic acids is 1. The van der Waals surface area contributed by atoms with Crippen LogP contribution in [0.4, 0.5) is 8.78 Å². The molecule has 1 amide bonds. The van der Waals surface area contributed by atoms with Crippen molar-refractivity contribution < 1.29 is 18.3 Å². The van der Waals surface area contributed by atoms with Gasteiger partial charge < -0.3 is 10.1 Å². The highest BCUT2D eigenvalue weighted by Gasteiger charge is 2.17. The van der Waals surface area contributed by atoms with Crippen LogP contribution in [-0.4, -0.2) is 17.0 Å². The maximum Gasteiger partial charge on any atom is 0.253 e. The molecule has 0 saturated heterocycles. The normalized spacial score (nSPS) is 14.5. The molecule has 0 radical (unpaired) electrons. The van der Waals surface area contributed by atoms with Crippen LogP contribution in [0.3, 0.4) is 0 Å². The van der Waals surface area contributed by atoms with Crippen molar-refractivity contribution in [3.8, 4) is 5.88 Å². The summed E-state index contributed by atoms with van der Waals surface area (Å²) in [4.78, 5) is 16.3. The first-order chi connectivity index (χ1) is 12.0. The van der Waals surface area contributed by atoms with Crippen LogP contribution < -0.4 is 10.1 Å². The molecule has 0 unspecified atom stereocenters. The molecule has 2 aromatic rings. The molecular weight excluding hydrogens is 350 g/mol. The minimum atomic E-state index is -1.12. The Morgan fingerprint density at radius 2 is 1.96 bits per heavy atom. The molecule has 1 aromatic heterocycles. The Hall–Kier alpha value is -2.21. The van der Waals surface area contributed by atoms with Gasteiger partial charge in [-0.15, -0.1) is 0 Å². The predicted molar refractivity (Wildman–Crippen MR) is 89.7 cm³/mol. The van der Waals surface area contributed by atoms with E-state index >= 15 is 0 Å². The third kappa shape index (κ3) is 4.45. The molecule has 1 fully saturated rings. The average Bonchev–Trinajstić information content (AvgIpc) is 3.09. The van der Waals surface area contributed by atoms with Crippen molar-refractivity contribution in [1.29, 1.82) is 0 Å². The summed E-state index contributed by atoms with van der Waals surface area (Å²) in [6.07, 6.45) is 6.17. The first-order valence-electron chi connectivity index (χ1n) is 8.07. The Morgan fingerprint density at radius 3 is 2.72 bits per heavy atom. The number of nitrogens with one attached hydrogen (secondary N) is 1. The lowest BCUT2D eigenvalue weighted by molar-refractivity contribution is 0.0950. The zero-order valence-electron chi connectivity index (χ0n) is 13.4. The average molecular weight is 367 g/mol. The maximum absolute atomic E-state index is 13.3. The van der Waals surface area contributed by atoms with Gasteiger partial charge in [-0.05, 0) is 49.4 Å². The molecule has 3 rings (SSSR count). The molecule has 1 heterocycles. The molecule has 1 aliphatic rings. The smallest absolute Gasteiger partial charge is 0.253 e. The summed E-state index contributed by atoms with van der Waals surface area (Å²) in [7, 11) is 0. The Balaban J connectivity index is 1.63. The van der Waals surface area contributed by atoms with E-state index in [2.05, 4.69) is 10.3 Å². The topological polar surface area (TPSA) is 51.2 Å². The molecular formula is C18H17ClF2N2O2. The van der Waals surface area contributed by atoms with Crippen LogP contribution in [0.15, 0.2) is 30.5 Å². The van der Waals surface area contributed by atoms with E-state index in [-0.39, 0.29) is 23.2 Å². The van der Waals surface area contributed by atoms with E-state index in [1.807, 2.05) is 0 Å². The Kier molecular flexibility index (Phi) is 5.48. The third-order valence-corrected chi connectivity index (χ3v) is 4.41. The van der Waals surface area contributed by atoms with Gasteiger partial charge in [-0.3, -0.25) is 4.79 Å². The molecule has 1 aliphatic carbocycles. The minimum Gasteiger partial charge on any atom is -0.474 e. The molecule has 0 aliphatic heterocycles. The number of ether oxygens (including phenoxy) is 1. The molecule has 0 bridgehead atoms. The Labute approximate surface area is 149 Å². The lowest BCUT2D eigenvalue weighted by atomic mass is 10.2. The van der Waals surface area contributed by atoms with Crippen molar-refractivity contribution in [3.63, 3.8) is 0 Å². The monoisotopic (exact) mass is 366 g/mol. The van der Waals surface area contributed by atoms with Gasteiger partial charge >= 0.3 is 0 Å². The zero-order chi connectivity index (χ0) is 17.8. The summed E-state index contributed by atoms with van der Waals surface area (Å²) < 4.78 is 32.2. The summed E-state index contributed by atoms with van der Waals surface area (Å²) in [6.45, 7) is 0.192. The highest BCUT2D eigenvalue weighted by Crippen LogP contribution is 2.23. The molecule has 1 saturated carbocycles. The fourth-order valence-electron chi connectivity index (χ4n) is 2.78. The molecule has 0 atom stereocenters. The van der Waals surface area contributed by atoms with Crippen LogP contribution in [0.2, 0.25) is 5.02 Å². The molecule has 1 aromatic carbocycles. The second-order valence-electron chi connectivity index (χ2n) is 5.96. The van der Waals surface area contributed by atoms with E-state index in [0.717, 1.165) is 43.4 Å². The number of hydrogen-bond acceptors (Lipinski definition) is 3. The lowest BCUT2D eigenvalue weighted by Gasteiger charge is -2.13. The van der Waals surface area contributed by atoms with Gasteiger partial charge in [0.15, 0.2) is 11.6 Å². The van der Waals surface area contributed by atoms with Crippen LogP contribution in [0.1, 0.15) is 41.6 Å². The number of hydrogen-bond donors (Lipinski definition) is 1. The standard InChI is InChI=1S/C18H17ClF2N2O2/c19-14-9-16(21)15(20)8-13(14)18(24)23-10-11-5-6-22-17(7-11)25-12-3-1-2-4-12/h5-9,12H,1-4,10H2,(H,23,24). The number of amides is 1. The minimum absolute atomic E-state index is 0.114. The highest BCUT2D eigenvalue weighted by atomic mass is 35.5. The van der Waals surface area contributed by atoms with Gasteiger partial charge in [0, 0.05) is 18.8 Å². The lowest BCUT2D eigenvalue weighted by Crippen LogP contribution is -2.23. The van der Waals surface area contributed by atoms with Crippen molar-refractivity contribution in [2.45, 2.75) is 38.3 Å². The van der Waals surface area contributed by atoms with Gasteiger partial charge in [0.2, 0.25) is 5.88 Å². The van der Waals surface area contributed by atoms with Crippen LogP contribution in [0.5, 0.6) is 5.88 Å². The number of aromatic nitrogens is 1. The molecule has 0 spiro atoms. The predicted octanol–water partition coefficient (Wildman–Crippen LogP) is 4.26. The number of benzene rings is 1. The summed E-state index contributed by atoms with van der Waals surface area (Å²) in [5.74, 6) is -2.28. The van der Waals surface area contributed by atoms with Crippen molar-refractivity contribution in [2.75, 3.05) is 0 Å². The van der Waals surface area contributed by atoms with Gasteiger partial charge in [0.25, 0.3) is 5.91 Å². The van der Waals surface area contributed by atoms with E-state index in [0.29, 0.717) is 5.88 Å². The fraction of sp³-hybridized carbons (Fsp3) is 0.333. The van der Waals surface area contributed by atoms with Crippen LogP contribution in [-0.2, 0) is 6.54 Å². The third-order valence-electron chi connectivity index (χ3n) is 4.10. The van der Waals surface area contributed by atoms with Crippen LogP contribution in [0.25, 0.3) is 0 Å². The van der Waals surface area contributed by atoms with Gasteiger partial charge in [0.1, 0.15) is 6.10 Å². The first-order valence-corrected chi connectivity index (χ1v) is 8.45. The number of nitrogens with zero attached hydrogens (tertiary/aromatic N) is 1. The SMILES string of the molecule is O=C(NCc1ccnc(OC2CCCC2)c1)c1cc(F)c(F)cc1Cl. The number of carbonyl (C=O) groups is 1. The number of rotatable bonds is 5. The Bertz CT molecular complexity index is 780. The largest absolute Gasteiger partial charge is 0.474 e. The van der Waals surface area contributed by atoms with Crippen molar-refractivity contribution in [2.24, 2.45) is 0 Å². The van der Waals surface area contributed by atoms with Gasteiger partial charge in [-0.25, -0.2) is 13.8 Å².